The number of para-hydroxylation sites is 1. The van der Waals surface area contributed by atoms with Gasteiger partial charge in [0.1, 0.15) is 0 Å². The molecule has 0 saturated carbocycles. The van der Waals surface area contributed by atoms with Crippen molar-refractivity contribution in [3.63, 3.8) is 0 Å². The lowest BCUT2D eigenvalue weighted by atomic mass is 10.2. The summed E-state index contributed by atoms with van der Waals surface area (Å²) in [6.45, 7) is 3.39. The van der Waals surface area contributed by atoms with Crippen LogP contribution in [-0.4, -0.2) is 6.54 Å². The van der Waals surface area contributed by atoms with Gasteiger partial charge in [0.2, 0.25) is 0 Å². The van der Waals surface area contributed by atoms with Crippen LogP contribution in [0.4, 0.5) is 5.69 Å². The van der Waals surface area contributed by atoms with Gasteiger partial charge in [-0.05, 0) is 18.6 Å². The fourth-order valence-electron chi connectivity index (χ4n) is 1.22. The van der Waals surface area contributed by atoms with Gasteiger partial charge in [-0.3, -0.25) is 0 Å². The van der Waals surface area contributed by atoms with Crippen molar-refractivity contribution < 1.29 is 0 Å². The Morgan fingerprint density at radius 1 is 1.15 bits per heavy atom. The second-order valence-corrected chi connectivity index (χ2v) is 4.29. The lowest BCUT2D eigenvalue weighted by Gasteiger charge is -2.15. The van der Waals surface area contributed by atoms with Crippen LogP contribution in [0.3, 0.4) is 0 Å². The average Bonchev–Trinajstić information content (AvgIpc) is 2.19. The number of benzene rings is 1. The van der Waals surface area contributed by atoms with Crippen molar-refractivity contribution in [2.24, 2.45) is 0 Å². The van der Waals surface area contributed by atoms with Gasteiger partial charge in [-0.1, -0.05) is 38.0 Å². The van der Waals surface area contributed by atoms with Crippen molar-refractivity contribution in [1.82, 2.24) is 0 Å². The highest BCUT2D eigenvalue weighted by Gasteiger charge is 1.99. The molecule has 2 heteroatoms. The first kappa shape index (κ1) is 10.8. The molecule has 1 aromatic carbocycles. The summed E-state index contributed by atoms with van der Waals surface area (Å²) >= 11 is 2.38. The Morgan fingerprint density at radius 3 is 2.46 bits per heavy atom. The topological polar surface area (TPSA) is 3.24 Å². The number of rotatable bonds is 5. The number of hydrogen-bond acceptors (Lipinski definition) is 1. The van der Waals surface area contributed by atoms with Crippen LogP contribution in [0.25, 0.3) is 0 Å². The van der Waals surface area contributed by atoms with Crippen LogP contribution in [-0.2, 0) is 0 Å². The van der Waals surface area contributed by atoms with Crippen molar-refractivity contribution in [2.75, 3.05) is 9.66 Å². The predicted molar refractivity (Wildman–Crippen MR) is 67.3 cm³/mol. The maximum Gasteiger partial charge on any atom is 0.0591 e. The zero-order valence-corrected chi connectivity index (χ0v) is 10.2. The summed E-state index contributed by atoms with van der Waals surface area (Å²) < 4.78 is 2.29. The van der Waals surface area contributed by atoms with E-state index in [1.165, 1.54) is 24.9 Å². The molecule has 0 aliphatic heterocycles. The monoisotopic (exact) mass is 289 g/mol. The third-order valence-corrected chi connectivity index (χ3v) is 3.03. The summed E-state index contributed by atoms with van der Waals surface area (Å²) in [5, 5.41) is 0. The number of unbranched alkanes of at least 4 members (excludes halogenated alkanes) is 2. The van der Waals surface area contributed by atoms with Crippen molar-refractivity contribution in [1.29, 1.82) is 0 Å². The molecule has 1 rings (SSSR count). The molecule has 72 valence electrons. The van der Waals surface area contributed by atoms with Crippen LogP contribution in [0, 0.1) is 0 Å². The van der Waals surface area contributed by atoms with E-state index in [1.54, 1.807) is 0 Å². The largest absolute Gasteiger partial charge is 0.315 e. The van der Waals surface area contributed by atoms with Crippen molar-refractivity contribution >= 4 is 28.6 Å². The third kappa shape index (κ3) is 3.98. The lowest BCUT2D eigenvalue weighted by molar-refractivity contribution is 0.733. The van der Waals surface area contributed by atoms with Crippen LogP contribution in [0.5, 0.6) is 0 Å². The molecule has 0 aliphatic carbocycles. The van der Waals surface area contributed by atoms with Crippen molar-refractivity contribution in [3.05, 3.63) is 30.3 Å². The highest BCUT2D eigenvalue weighted by Crippen LogP contribution is 2.18. The SMILES string of the molecule is CCCCCN(I)c1ccccc1. The molecule has 1 aromatic rings. The maximum atomic E-state index is 2.38. The fourth-order valence-corrected chi connectivity index (χ4v) is 1.88. The van der Waals surface area contributed by atoms with Crippen molar-refractivity contribution in [3.8, 4) is 0 Å². The molecule has 13 heavy (non-hydrogen) atoms. The van der Waals surface area contributed by atoms with E-state index in [1.807, 2.05) is 0 Å². The lowest BCUT2D eigenvalue weighted by Crippen LogP contribution is -2.10. The molecule has 0 aliphatic rings. The Balaban J connectivity index is 2.35. The van der Waals surface area contributed by atoms with E-state index in [-0.39, 0.29) is 0 Å². The van der Waals surface area contributed by atoms with Crippen LogP contribution >= 0.6 is 22.9 Å². The minimum absolute atomic E-state index is 1.15. The van der Waals surface area contributed by atoms with Crippen LogP contribution in [0.15, 0.2) is 30.3 Å². The Labute approximate surface area is 94.6 Å². The first-order valence-electron chi connectivity index (χ1n) is 4.83. The van der Waals surface area contributed by atoms with Gasteiger partial charge in [-0.25, -0.2) is 0 Å². The smallest absolute Gasteiger partial charge is 0.0591 e. The molecular formula is C11H16IN. The first-order valence-corrected chi connectivity index (χ1v) is 5.79. The van der Waals surface area contributed by atoms with Gasteiger partial charge in [-0.15, -0.1) is 0 Å². The fraction of sp³-hybridized carbons (Fsp3) is 0.455. The number of anilines is 1. The molecule has 0 amide bonds. The van der Waals surface area contributed by atoms with Gasteiger partial charge in [0.05, 0.1) is 22.9 Å². The van der Waals surface area contributed by atoms with E-state index < -0.39 is 0 Å². The molecule has 0 N–H and O–H groups in total. The first-order chi connectivity index (χ1) is 6.34. The van der Waals surface area contributed by atoms with Gasteiger partial charge in [0.15, 0.2) is 0 Å². The molecule has 0 atom stereocenters. The molecule has 0 bridgehead atoms. The van der Waals surface area contributed by atoms with Gasteiger partial charge in [0.25, 0.3) is 0 Å². The maximum absolute atomic E-state index is 2.38. The molecule has 0 fully saturated rings. The average molecular weight is 289 g/mol. The second kappa shape index (κ2) is 6.24. The molecule has 0 aromatic heterocycles. The normalized spacial score (nSPS) is 10.0. The summed E-state index contributed by atoms with van der Waals surface area (Å²) in [6, 6.07) is 10.5. The Kier molecular flexibility index (Phi) is 5.20. The molecular weight excluding hydrogens is 273 g/mol. The highest BCUT2D eigenvalue weighted by molar-refractivity contribution is 14.1. The Morgan fingerprint density at radius 2 is 1.85 bits per heavy atom. The molecule has 0 unspecified atom stereocenters. The standard InChI is InChI=1S/C11H16IN/c1-2-3-7-10-13(12)11-8-5-4-6-9-11/h4-6,8-9H,2-3,7,10H2,1H3. The predicted octanol–water partition coefficient (Wildman–Crippen LogP) is 4.03. The summed E-state index contributed by atoms with van der Waals surface area (Å²) in [6.07, 6.45) is 3.90. The van der Waals surface area contributed by atoms with Crippen LogP contribution < -0.4 is 3.11 Å². The van der Waals surface area contributed by atoms with E-state index in [2.05, 4.69) is 63.2 Å². The molecule has 0 spiro atoms. The highest BCUT2D eigenvalue weighted by atomic mass is 127. The zero-order valence-electron chi connectivity index (χ0n) is 8.04. The van der Waals surface area contributed by atoms with E-state index in [4.69, 9.17) is 0 Å². The minimum Gasteiger partial charge on any atom is -0.315 e. The van der Waals surface area contributed by atoms with E-state index in [0.29, 0.717) is 0 Å². The van der Waals surface area contributed by atoms with Crippen LogP contribution in [0.1, 0.15) is 26.2 Å². The van der Waals surface area contributed by atoms with Crippen molar-refractivity contribution in [2.45, 2.75) is 26.2 Å². The number of hydrogen-bond donors (Lipinski definition) is 0. The quantitative estimate of drug-likeness (QED) is 0.449. The number of nitrogens with zero attached hydrogens (tertiary/aromatic N) is 1. The van der Waals surface area contributed by atoms with Crippen LogP contribution in [0.2, 0.25) is 0 Å². The second-order valence-electron chi connectivity index (χ2n) is 3.13. The van der Waals surface area contributed by atoms with E-state index >= 15 is 0 Å². The van der Waals surface area contributed by atoms with Gasteiger partial charge in [0, 0.05) is 12.2 Å². The van der Waals surface area contributed by atoms with E-state index in [0.717, 1.165) is 6.54 Å². The Hall–Kier alpha value is -0.250. The summed E-state index contributed by atoms with van der Waals surface area (Å²) in [7, 11) is 0. The van der Waals surface area contributed by atoms with Gasteiger partial charge in [-0.2, -0.15) is 0 Å². The third-order valence-electron chi connectivity index (χ3n) is 1.99. The summed E-state index contributed by atoms with van der Waals surface area (Å²) in [5.41, 5.74) is 1.30. The van der Waals surface area contributed by atoms with E-state index in [9.17, 15) is 0 Å². The molecule has 0 radical (unpaired) electrons. The molecule has 0 saturated heterocycles. The summed E-state index contributed by atoms with van der Waals surface area (Å²) in [4.78, 5) is 0. The summed E-state index contributed by atoms with van der Waals surface area (Å²) in [5.74, 6) is 0. The Bertz CT molecular complexity index is 223. The van der Waals surface area contributed by atoms with Gasteiger partial charge >= 0.3 is 0 Å². The molecule has 1 nitrogen and oxygen atoms in total. The zero-order chi connectivity index (χ0) is 9.52. The minimum atomic E-state index is 1.15. The number of halogens is 1. The molecule has 0 heterocycles. The van der Waals surface area contributed by atoms with Gasteiger partial charge < -0.3 is 3.11 Å².